The number of methoxy groups -OCH3 is 1. The number of hydrogen-bond donors (Lipinski definition) is 2. The molecule has 2 N–H and O–H groups in total. The molecule has 9 rings (SSSR count). The van der Waals surface area contributed by atoms with Crippen molar-refractivity contribution in [3.05, 3.63) is 95.6 Å². The van der Waals surface area contributed by atoms with E-state index >= 15 is 4.79 Å². The highest BCUT2D eigenvalue weighted by Gasteiger charge is 2.66. The zero-order chi connectivity index (χ0) is 45.6. The van der Waals surface area contributed by atoms with Gasteiger partial charge in [0.1, 0.15) is 29.0 Å². The number of hydrogen-bond acceptors (Lipinski definition) is 13. The monoisotopic (exact) mass is 906 g/mol. The highest BCUT2D eigenvalue weighted by atomic mass is 16.8. The summed E-state index contributed by atoms with van der Waals surface area (Å²) in [7, 11) is 1.52. The molecular weight excluding hydrogens is 845 g/mol. The number of carbonyl (C=O) groups excluding carboxylic acids is 2. The first kappa shape index (κ1) is 45.7. The number of aliphatic hydroxyl groups is 2. The number of oxime groups is 1. The number of ether oxygens (including phenoxy) is 7. The Morgan fingerprint density at radius 2 is 1.73 bits per heavy atom. The standard InChI is InChI=1S/C52H62N2O12/c1-3-23-63-52-47(54(51(58)34-14-15-34)30-33-13-18-45-46(25-33)62-32-61-45)29-42(53-66-48-12-6-9-24-60-48)40-27-35(10-4-7-21-55)39(11-5-8-22-56)49(50(40)52)41-28-38(17-20-44(41)65-52)64-37-16-19-43(59-2)36(26-37)31-57/h3,13,16-20,25-28,31,34-35,39,47-50,55-56H,1,4-12,14-15,21-24,29-30,32H2,2H3/t35-,39+,47-,48?,49+,50+,52+/m0/s1. The van der Waals surface area contributed by atoms with Crippen molar-refractivity contribution in [2.75, 3.05) is 40.3 Å². The molecule has 3 aromatic rings. The van der Waals surface area contributed by atoms with Crippen LogP contribution in [-0.4, -0.2) is 91.5 Å². The molecular formula is C52H62N2O12. The molecule has 3 aliphatic carbocycles. The van der Waals surface area contributed by atoms with E-state index in [9.17, 15) is 15.0 Å². The summed E-state index contributed by atoms with van der Waals surface area (Å²) < 4.78 is 44.1. The SMILES string of the molecule is C=CCO[C@@]12Oc3ccc(Oc4ccc(OC)c(C=O)c4)cc3[C@H]3[C@H](CCCCO)[C@@H](CCCCO)C=C(C(=NOC4CCCCO4)C[C@@H]1N(Cc1ccc4c(c1)OCO4)C(=O)C1CC1)[C@H]32. The Balaban J connectivity index is 1.23. The number of unbranched alkanes of at least 4 members (excludes halogenated alkanes) is 2. The molecule has 3 aliphatic heterocycles. The lowest BCUT2D eigenvalue weighted by Crippen LogP contribution is -2.70. The number of nitrogens with zero attached hydrogens (tertiary/aromatic N) is 2. The molecule has 1 unspecified atom stereocenters. The first-order chi connectivity index (χ1) is 32.4. The number of carbonyl (C=O) groups is 2. The van der Waals surface area contributed by atoms with Gasteiger partial charge in [-0.3, -0.25) is 9.59 Å². The van der Waals surface area contributed by atoms with Crippen molar-refractivity contribution in [1.82, 2.24) is 4.90 Å². The van der Waals surface area contributed by atoms with E-state index in [0.29, 0.717) is 71.6 Å². The van der Waals surface area contributed by atoms with Crippen LogP contribution in [-0.2, 0) is 25.7 Å². The van der Waals surface area contributed by atoms with Gasteiger partial charge in [-0.2, -0.15) is 0 Å². The van der Waals surface area contributed by atoms with Crippen LogP contribution in [0.3, 0.4) is 0 Å². The number of amides is 1. The zero-order valence-electron chi connectivity index (χ0n) is 37.8. The van der Waals surface area contributed by atoms with E-state index in [4.69, 9.17) is 43.2 Å². The summed E-state index contributed by atoms with van der Waals surface area (Å²) in [5, 5.41) is 25.1. The van der Waals surface area contributed by atoms with Crippen LogP contribution in [0.1, 0.15) is 104 Å². The fourth-order valence-electron chi connectivity index (χ4n) is 10.8. The number of benzene rings is 3. The molecule has 0 aromatic heterocycles. The molecule has 14 nitrogen and oxygen atoms in total. The summed E-state index contributed by atoms with van der Waals surface area (Å²) in [6.45, 7) is 5.37. The first-order valence-electron chi connectivity index (χ1n) is 23.7. The summed E-state index contributed by atoms with van der Waals surface area (Å²) >= 11 is 0. The van der Waals surface area contributed by atoms with Crippen LogP contribution in [0.5, 0.6) is 34.5 Å². The third-order valence-corrected chi connectivity index (χ3v) is 14.0. The lowest BCUT2D eigenvalue weighted by atomic mass is 9.55. The molecule has 66 heavy (non-hydrogen) atoms. The minimum Gasteiger partial charge on any atom is -0.496 e. The van der Waals surface area contributed by atoms with Gasteiger partial charge < -0.3 is 53.1 Å². The molecule has 0 radical (unpaired) electrons. The maximum Gasteiger partial charge on any atom is 0.239 e. The highest BCUT2D eigenvalue weighted by Crippen LogP contribution is 2.62. The Labute approximate surface area is 386 Å². The first-order valence-corrected chi connectivity index (χ1v) is 23.7. The van der Waals surface area contributed by atoms with Crippen LogP contribution in [0, 0.1) is 23.7 Å². The lowest BCUT2D eigenvalue weighted by Gasteiger charge is -2.60. The molecule has 3 fully saturated rings. The Morgan fingerprint density at radius 1 is 0.939 bits per heavy atom. The number of aldehydes is 1. The van der Waals surface area contributed by atoms with E-state index in [1.165, 1.54) is 7.11 Å². The molecule has 0 bridgehead atoms. The van der Waals surface area contributed by atoms with Crippen molar-refractivity contribution < 1.29 is 57.8 Å². The number of fused-ring (bicyclic) bond motifs is 3. The maximum atomic E-state index is 15.0. The molecule has 352 valence electrons. The molecule has 2 saturated carbocycles. The van der Waals surface area contributed by atoms with Gasteiger partial charge in [0.25, 0.3) is 0 Å². The molecule has 14 heteroatoms. The van der Waals surface area contributed by atoms with Gasteiger partial charge in [-0.25, -0.2) is 0 Å². The quantitative estimate of drug-likeness (QED) is 0.0454. The molecule has 3 aromatic carbocycles. The smallest absolute Gasteiger partial charge is 0.239 e. The molecule has 1 amide bonds. The van der Waals surface area contributed by atoms with Crippen LogP contribution < -0.4 is 23.7 Å². The van der Waals surface area contributed by atoms with Gasteiger partial charge in [0.2, 0.25) is 24.8 Å². The van der Waals surface area contributed by atoms with Crippen LogP contribution >= 0.6 is 0 Å². The maximum absolute atomic E-state index is 15.0. The van der Waals surface area contributed by atoms with Crippen LogP contribution in [0.2, 0.25) is 0 Å². The molecule has 7 atom stereocenters. The van der Waals surface area contributed by atoms with Crippen LogP contribution in [0.4, 0.5) is 0 Å². The van der Waals surface area contributed by atoms with Gasteiger partial charge in [0, 0.05) is 50.0 Å². The number of aliphatic hydroxyl groups excluding tert-OH is 2. The predicted molar refractivity (Wildman–Crippen MR) is 244 cm³/mol. The van der Waals surface area contributed by atoms with E-state index in [1.54, 1.807) is 24.3 Å². The summed E-state index contributed by atoms with van der Waals surface area (Å²) in [6, 6.07) is 16.0. The zero-order valence-corrected chi connectivity index (χ0v) is 37.8. The average molecular weight is 907 g/mol. The Kier molecular flexibility index (Phi) is 14.3. The van der Waals surface area contributed by atoms with E-state index in [0.717, 1.165) is 74.4 Å². The second-order valence-electron chi connectivity index (χ2n) is 18.2. The van der Waals surface area contributed by atoms with E-state index in [1.807, 2.05) is 41.3 Å². The van der Waals surface area contributed by atoms with Crippen molar-refractivity contribution in [2.24, 2.45) is 28.8 Å². The Hall–Kier alpha value is -5.41. The highest BCUT2D eigenvalue weighted by molar-refractivity contribution is 6.03. The van der Waals surface area contributed by atoms with E-state index in [2.05, 4.69) is 12.7 Å². The van der Waals surface area contributed by atoms with Crippen molar-refractivity contribution >= 4 is 17.9 Å². The summed E-state index contributed by atoms with van der Waals surface area (Å²) in [4.78, 5) is 35.3. The molecule has 6 aliphatic rings. The van der Waals surface area contributed by atoms with Gasteiger partial charge in [-0.15, -0.1) is 6.58 Å². The molecule has 3 heterocycles. The van der Waals surface area contributed by atoms with Crippen molar-refractivity contribution in [1.29, 1.82) is 0 Å². The van der Waals surface area contributed by atoms with Gasteiger partial charge in [-0.1, -0.05) is 36.2 Å². The minimum atomic E-state index is -1.43. The van der Waals surface area contributed by atoms with Crippen LogP contribution in [0.15, 0.2) is 84.1 Å². The van der Waals surface area contributed by atoms with Crippen LogP contribution in [0.25, 0.3) is 0 Å². The van der Waals surface area contributed by atoms with E-state index in [-0.39, 0.29) is 69.2 Å². The average Bonchev–Trinajstić information content (AvgIpc) is 4.10. The van der Waals surface area contributed by atoms with Crippen molar-refractivity contribution in [2.45, 2.75) is 108 Å². The lowest BCUT2D eigenvalue weighted by molar-refractivity contribution is -0.258. The van der Waals surface area contributed by atoms with Gasteiger partial charge in [0.15, 0.2) is 17.8 Å². The second kappa shape index (κ2) is 20.6. The van der Waals surface area contributed by atoms with Crippen molar-refractivity contribution in [3.8, 4) is 34.5 Å². The van der Waals surface area contributed by atoms with Gasteiger partial charge in [-0.05, 0) is 123 Å². The number of rotatable bonds is 21. The summed E-state index contributed by atoms with van der Waals surface area (Å²) in [6.07, 6.45) is 13.3. The largest absolute Gasteiger partial charge is 0.496 e. The Bertz CT molecular complexity index is 2290. The summed E-state index contributed by atoms with van der Waals surface area (Å²) in [5.74, 6) is 1.10. The normalized spacial score (nSPS) is 26.6. The number of allylic oxidation sites excluding steroid dienone is 1. The fourth-order valence-corrected chi connectivity index (χ4v) is 10.8. The topological polar surface area (TPSA) is 164 Å². The third-order valence-electron chi connectivity index (χ3n) is 14.0. The second-order valence-corrected chi connectivity index (χ2v) is 18.2. The molecule has 1 saturated heterocycles. The minimum absolute atomic E-state index is 0.0142. The van der Waals surface area contributed by atoms with Crippen molar-refractivity contribution in [3.63, 3.8) is 0 Å². The fraction of sp³-hybridized carbons (Fsp3) is 0.519. The third kappa shape index (κ3) is 9.42. The predicted octanol–water partition coefficient (Wildman–Crippen LogP) is 8.63. The summed E-state index contributed by atoms with van der Waals surface area (Å²) in [5.41, 5.74) is 3.80. The van der Waals surface area contributed by atoms with E-state index < -0.39 is 24.0 Å². The van der Waals surface area contributed by atoms with Gasteiger partial charge in [0.05, 0.1) is 37.5 Å². The Morgan fingerprint density at radius 3 is 2.48 bits per heavy atom. The molecule has 0 spiro atoms. The van der Waals surface area contributed by atoms with Gasteiger partial charge >= 0.3 is 0 Å².